The van der Waals surface area contributed by atoms with Crippen molar-refractivity contribution in [3.8, 4) is 0 Å². The number of allylic oxidation sites excluding steroid dienone is 1. The van der Waals surface area contributed by atoms with Gasteiger partial charge in [0.15, 0.2) is 0 Å². The van der Waals surface area contributed by atoms with Crippen LogP contribution in [0.3, 0.4) is 0 Å². The van der Waals surface area contributed by atoms with Gasteiger partial charge >= 0.3 is 0 Å². The molecule has 1 amide bonds. The Morgan fingerprint density at radius 3 is 2.73 bits per heavy atom. The number of nitrogens with zero attached hydrogens (tertiary/aromatic N) is 3. The average molecular weight is 431 g/mol. The van der Waals surface area contributed by atoms with E-state index in [1.54, 1.807) is 28.8 Å². The molecule has 8 heteroatoms. The summed E-state index contributed by atoms with van der Waals surface area (Å²) in [6, 6.07) is 5.07. The molecule has 0 atom stereocenters. The first-order chi connectivity index (χ1) is 14.5. The van der Waals surface area contributed by atoms with E-state index in [4.69, 9.17) is 0 Å². The van der Waals surface area contributed by atoms with Gasteiger partial charge in [0.05, 0.1) is 22.3 Å². The minimum atomic E-state index is -3.45. The normalized spacial score (nSPS) is 17.9. The van der Waals surface area contributed by atoms with E-state index in [0.717, 1.165) is 37.6 Å². The molecule has 2 aromatic rings. The zero-order valence-electron chi connectivity index (χ0n) is 17.3. The maximum absolute atomic E-state index is 12.7. The zero-order valence-corrected chi connectivity index (χ0v) is 18.2. The van der Waals surface area contributed by atoms with E-state index in [1.165, 1.54) is 18.4 Å². The van der Waals surface area contributed by atoms with Crippen LogP contribution in [0.1, 0.15) is 51.4 Å². The first kappa shape index (κ1) is 21.1. The summed E-state index contributed by atoms with van der Waals surface area (Å²) in [5.74, 6) is 0.0292. The van der Waals surface area contributed by atoms with Crippen LogP contribution in [0.25, 0.3) is 11.0 Å². The number of fused-ring (bicyclic) bond motifs is 1. The Balaban J connectivity index is 1.33. The van der Waals surface area contributed by atoms with E-state index in [9.17, 15) is 13.2 Å². The molecule has 1 aromatic carbocycles. The number of sulfonamides is 1. The Morgan fingerprint density at radius 2 is 1.97 bits per heavy atom. The van der Waals surface area contributed by atoms with Crippen molar-refractivity contribution in [3.63, 3.8) is 0 Å². The van der Waals surface area contributed by atoms with E-state index in [1.807, 2.05) is 4.57 Å². The second kappa shape index (κ2) is 9.31. The molecular weight excluding hydrogens is 400 g/mol. The van der Waals surface area contributed by atoms with Crippen LogP contribution in [0.2, 0.25) is 0 Å². The molecule has 1 saturated heterocycles. The number of hydrogen-bond donors (Lipinski definition) is 1. The quantitative estimate of drug-likeness (QED) is 0.652. The Kier molecular flexibility index (Phi) is 6.53. The molecule has 1 aliphatic carbocycles. The van der Waals surface area contributed by atoms with Crippen LogP contribution in [0.15, 0.2) is 41.1 Å². The number of benzene rings is 1. The Morgan fingerprint density at radius 1 is 1.13 bits per heavy atom. The van der Waals surface area contributed by atoms with Crippen molar-refractivity contribution in [2.24, 2.45) is 0 Å². The molecule has 4 rings (SSSR count). The predicted molar refractivity (Wildman–Crippen MR) is 117 cm³/mol. The summed E-state index contributed by atoms with van der Waals surface area (Å²) in [6.45, 7) is 2.37. The topological polar surface area (TPSA) is 84.3 Å². The van der Waals surface area contributed by atoms with Gasteiger partial charge in [-0.2, -0.15) is 4.31 Å². The van der Waals surface area contributed by atoms with Crippen molar-refractivity contribution in [3.05, 3.63) is 36.2 Å². The molecule has 2 aliphatic rings. The molecule has 0 saturated carbocycles. The minimum Gasteiger partial charge on any atom is -0.356 e. The van der Waals surface area contributed by atoms with Crippen molar-refractivity contribution >= 4 is 27.0 Å². The molecule has 1 aliphatic heterocycles. The van der Waals surface area contributed by atoms with Crippen LogP contribution >= 0.6 is 0 Å². The molecule has 7 nitrogen and oxygen atoms in total. The maximum atomic E-state index is 12.7. The van der Waals surface area contributed by atoms with E-state index in [0.29, 0.717) is 38.1 Å². The summed E-state index contributed by atoms with van der Waals surface area (Å²) >= 11 is 0. The smallest absolute Gasteiger partial charge is 0.243 e. The summed E-state index contributed by atoms with van der Waals surface area (Å²) < 4.78 is 28.9. The lowest BCUT2D eigenvalue weighted by Gasteiger charge is -2.15. The second-order valence-corrected chi connectivity index (χ2v) is 10.1. The minimum absolute atomic E-state index is 0.0292. The summed E-state index contributed by atoms with van der Waals surface area (Å²) in [5.41, 5.74) is 2.94. The molecule has 30 heavy (non-hydrogen) atoms. The fraction of sp³-hybridized carbons (Fsp3) is 0.545. The molecule has 0 spiro atoms. The van der Waals surface area contributed by atoms with Gasteiger partial charge in [0.1, 0.15) is 0 Å². The highest BCUT2D eigenvalue weighted by Crippen LogP contribution is 2.24. The molecule has 0 bridgehead atoms. The molecule has 0 unspecified atom stereocenters. The third-order valence-corrected chi connectivity index (χ3v) is 7.92. The average Bonchev–Trinajstić information content (AvgIpc) is 3.43. The van der Waals surface area contributed by atoms with Gasteiger partial charge in [-0.15, -0.1) is 0 Å². The SMILES string of the molecule is O=C(CCn1cnc2cc(S(=O)(=O)N3CCCC3)ccc21)NCCC1=CCCCC1. The lowest BCUT2D eigenvalue weighted by Crippen LogP contribution is -2.27. The first-order valence-electron chi connectivity index (χ1n) is 10.9. The first-order valence-corrected chi connectivity index (χ1v) is 12.4. The number of carbonyl (C=O) groups is 1. The van der Waals surface area contributed by atoms with Crippen LogP contribution < -0.4 is 5.32 Å². The molecule has 162 valence electrons. The van der Waals surface area contributed by atoms with Crippen LogP contribution in [0.4, 0.5) is 0 Å². The van der Waals surface area contributed by atoms with Crippen LogP contribution in [-0.2, 0) is 21.4 Å². The summed E-state index contributed by atoms with van der Waals surface area (Å²) in [4.78, 5) is 16.8. The molecule has 2 heterocycles. The van der Waals surface area contributed by atoms with Crippen molar-refractivity contribution in [2.45, 2.75) is 62.8 Å². The number of aryl methyl sites for hydroxylation is 1. The summed E-state index contributed by atoms with van der Waals surface area (Å²) in [7, 11) is -3.45. The third-order valence-electron chi connectivity index (χ3n) is 6.03. The highest BCUT2D eigenvalue weighted by Gasteiger charge is 2.27. The number of amides is 1. The van der Waals surface area contributed by atoms with E-state index >= 15 is 0 Å². The number of nitrogens with one attached hydrogen (secondary N) is 1. The number of hydrogen-bond acceptors (Lipinski definition) is 4. The van der Waals surface area contributed by atoms with Crippen molar-refractivity contribution in [2.75, 3.05) is 19.6 Å². The van der Waals surface area contributed by atoms with Gasteiger partial charge in [0, 0.05) is 32.6 Å². The monoisotopic (exact) mass is 430 g/mol. The van der Waals surface area contributed by atoms with Crippen LogP contribution in [0.5, 0.6) is 0 Å². The van der Waals surface area contributed by atoms with Crippen molar-refractivity contribution in [1.82, 2.24) is 19.2 Å². The van der Waals surface area contributed by atoms with Gasteiger partial charge < -0.3 is 9.88 Å². The standard InChI is InChI=1S/C22H30N4O3S/c27-22(23-12-10-18-6-2-1-3-7-18)11-15-25-17-24-20-16-19(8-9-21(20)25)30(28,29)26-13-4-5-14-26/h6,8-9,16-17H,1-5,7,10-15H2,(H,23,27). The Labute approximate surface area is 178 Å². The number of rotatable bonds is 8. The van der Waals surface area contributed by atoms with Gasteiger partial charge in [-0.25, -0.2) is 13.4 Å². The lowest BCUT2D eigenvalue weighted by molar-refractivity contribution is -0.121. The van der Waals surface area contributed by atoms with E-state index in [2.05, 4.69) is 16.4 Å². The molecule has 1 N–H and O–H groups in total. The van der Waals surface area contributed by atoms with Gasteiger partial charge in [0.2, 0.25) is 15.9 Å². The summed E-state index contributed by atoms with van der Waals surface area (Å²) in [6.07, 6.45) is 12.0. The highest BCUT2D eigenvalue weighted by molar-refractivity contribution is 7.89. The van der Waals surface area contributed by atoms with E-state index in [-0.39, 0.29) is 10.8 Å². The molecule has 1 fully saturated rings. The van der Waals surface area contributed by atoms with Gasteiger partial charge in [-0.05, 0) is 63.1 Å². The number of aromatic nitrogens is 2. The van der Waals surface area contributed by atoms with E-state index < -0.39 is 10.0 Å². The van der Waals surface area contributed by atoms with Crippen molar-refractivity contribution < 1.29 is 13.2 Å². The Hall–Kier alpha value is -2.19. The van der Waals surface area contributed by atoms with Gasteiger partial charge in [0.25, 0.3) is 0 Å². The van der Waals surface area contributed by atoms with Gasteiger partial charge in [-0.3, -0.25) is 4.79 Å². The third kappa shape index (κ3) is 4.75. The largest absolute Gasteiger partial charge is 0.356 e. The maximum Gasteiger partial charge on any atom is 0.243 e. The molecule has 0 radical (unpaired) electrons. The molecular formula is C22H30N4O3S. The fourth-order valence-corrected chi connectivity index (χ4v) is 5.80. The second-order valence-electron chi connectivity index (χ2n) is 8.16. The molecule has 1 aromatic heterocycles. The van der Waals surface area contributed by atoms with Crippen LogP contribution in [0, 0.1) is 0 Å². The number of imidazole rings is 1. The Bertz CT molecular complexity index is 1040. The highest BCUT2D eigenvalue weighted by atomic mass is 32.2. The van der Waals surface area contributed by atoms with Crippen LogP contribution in [-0.4, -0.2) is 47.8 Å². The van der Waals surface area contributed by atoms with Gasteiger partial charge in [-0.1, -0.05) is 11.6 Å². The lowest BCUT2D eigenvalue weighted by atomic mass is 9.97. The number of carbonyl (C=O) groups excluding carboxylic acids is 1. The fourth-order valence-electron chi connectivity index (χ4n) is 4.26. The summed E-state index contributed by atoms with van der Waals surface area (Å²) in [5, 5.41) is 3.00. The predicted octanol–water partition coefficient (Wildman–Crippen LogP) is 3.22. The van der Waals surface area contributed by atoms with Crippen molar-refractivity contribution in [1.29, 1.82) is 0 Å². The zero-order chi connectivity index (χ0) is 21.0.